The Kier molecular flexibility index (Phi) is 39.8. The molecule has 0 bridgehead atoms. The zero-order valence-electron chi connectivity index (χ0n) is 38.9. The molecule has 0 saturated heterocycles. The fourth-order valence-corrected chi connectivity index (χ4v) is 6.42. The summed E-state index contributed by atoms with van der Waals surface area (Å²) in [5.41, 5.74) is 0. The third kappa shape index (κ3) is 39.9. The normalized spacial score (nSPS) is 13.7. The van der Waals surface area contributed by atoms with Crippen LogP contribution in [0.3, 0.4) is 0 Å². The maximum absolute atomic E-state index is 12.8. The number of nitrogens with zero attached hydrogens (tertiary/aromatic N) is 1. The molecule has 0 radical (unpaired) electrons. The molecule has 0 rings (SSSR count). The van der Waals surface area contributed by atoms with Gasteiger partial charge in [0.25, 0.3) is 0 Å². The van der Waals surface area contributed by atoms with Gasteiger partial charge in [-0.1, -0.05) is 170 Å². The second-order valence-electron chi connectivity index (χ2n) is 16.7. The highest BCUT2D eigenvalue weighted by atomic mass is 16.6. The Labute approximate surface area is 367 Å². The van der Waals surface area contributed by atoms with Crippen LogP contribution in [0.5, 0.6) is 0 Å². The van der Waals surface area contributed by atoms with Gasteiger partial charge in [0.05, 0.1) is 34.4 Å². The molecule has 0 heterocycles. The summed E-state index contributed by atoms with van der Waals surface area (Å²) in [4.78, 5) is 37.0. The molecule has 342 valence electrons. The first-order chi connectivity index (χ1) is 29.1. The molecule has 0 aliphatic rings. The number of carboxylic acids is 1. The van der Waals surface area contributed by atoms with E-state index in [1.807, 2.05) is 33.3 Å². The molecule has 0 aromatic carbocycles. The number of allylic oxidation sites excluding steroid dienone is 14. The fourth-order valence-electron chi connectivity index (χ4n) is 6.42. The molecule has 1 N–H and O–H groups in total. The summed E-state index contributed by atoms with van der Waals surface area (Å²) >= 11 is 0. The van der Waals surface area contributed by atoms with Gasteiger partial charge < -0.3 is 23.8 Å². The van der Waals surface area contributed by atoms with Crippen LogP contribution >= 0.6 is 0 Å². The lowest BCUT2D eigenvalue weighted by atomic mass is 10.1. The van der Waals surface area contributed by atoms with Gasteiger partial charge in [0.1, 0.15) is 6.61 Å². The summed E-state index contributed by atoms with van der Waals surface area (Å²) in [6, 6.07) is -0.630. The van der Waals surface area contributed by atoms with E-state index in [0.717, 1.165) is 57.8 Å². The smallest absolute Gasteiger partial charge is 0.362 e. The number of rotatable bonds is 41. The van der Waals surface area contributed by atoms with E-state index in [0.29, 0.717) is 19.3 Å². The molecule has 8 heteroatoms. The Morgan fingerprint density at radius 1 is 0.533 bits per heavy atom. The van der Waals surface area contributed by atoms with Crippen LogP contribution in [-0.4, -0.2) is 80.6 Å². The maximum Gasteiger partial charge on any atom is 0.362 e. The number of quaternary nitrogens is 1. The summed E-state index contributed by atoms with van der Waals surface area (Å²) in [5.74, 6) is -1.58. The van der Waals surface area contributed by atoms with Gasteiger partial charge in [-0.3, -0.25) is 9.59 Å². The van der Waals surface area contributed by atoms with Crippen LogP contribution in [0.15, 0.2) is 85.1 Å². The van der Waals surface area contributed by atoms with Gasteiger partial charge in [-0.05, 0) is 70.6 Å². The van der Waals surface area contributed by atoms with Crippen molar-refractivity contribution in [1.82, 2.24) is 0 Å². The Morgan fingerprint density at radius 2 is 1.02 bits per heavy atom. The standard InChI is InChI=1S/C52H87NO7/c1-6-8-10-12-14-16-18-20-22-24-25-26-27-29-31-33-35-37-39-41-43-51(55)60-48(46-58-45-44-49(52(56)57)53(3,4)5)47-59-50(54)42-40-38-36-34-32-30-28-23-21-19-17-15-13-11-9-7-2/h9,11,15-18,20-23,30,32,36,38,48-49H,6-8,10,12-14,19,24-29,31,33-35,37,39-47H2,1-5H3/p+1/b11-9+,17-15+,18-16+,22-20+,23-21+,32-30+,38-36+. The topological polar surface area (TPSA) is 99.1 Å². The van der Waals surface area contributed by atoms with E-state index in [2.05, 4.69) is 86.8 Å². The molecule has 0 spiro atoms. The molecule has 0 aromatic rings. The summed E-state index contributed by atoms with van der Waals surface area (Å²) in [7, 11) is 5.50. The SMILES string of the molecule is CC/C=C/C/C=C/C/C=C/C/C=C/C/C=C/CCC(=O)OCC(COCCC(C(=O)O)[N+](C)(C)C)OC(=O)CCCCCCCCCCCC/C=C/C=C/CCCCCC. The first-order valence-corrected chi connectivity index (χ1v) is 23.6. The average molecular weight is 839 g/mol. The summed E-state index contributed by atoms with van der Waals surface area (Å²) in [6.07, 6.45) is 55.0. The summed E-state index contributed by atoms with van der Waals surface area (Å²) in [5, 5.41) is 9.63. The minimum absolute atomic E-state index is 0.0323. The summed E-state index contributed by atoms with van der Waals surface area (Å²) < 4.78 is 17.2. The molecule has 0 aliphatic carbocycles. The predicted molar refractivity (Wildman–Crippen MR) is 252 cm³/mol. The molecule has 2 unspecified atom stereocenters. The number of hydrogen-bond acceptors (Lipinski definition) is 6. The maximum atomic E-state index is 12.8. The van der Waals surface area contributed by atoms with Gasteiger partial charge in [0.2, 0.25) is 0 Å². The van der Waals surface area contributed by atoms with E-state index < -0.39 is 18.1 Å². The van der Waals surface area contributed by atoms with Crippen LogP contribution in [0.25, 0.3) is 0 Å². The van der Waals surface area contributed by atoms with Crippen LogP contribution in [0.2, 0.25) is 0 Å². The fraction of sp³-hybridized carbons (Fsp3) is 0.673. The highest BCUT2D eigenvalue weighted by molar-refractivity contribution is 5.72. The minimum Gasteiger partial charge on any atom is -0.477 e. The molecule has 8 nitrogen and oxygen atoms in total. The van der Waals surface area contributed by atoms with Gasteiger partial charge in [0.15, 0.2) is 12.1 Å². The molecule has 0 saturated carbocycles. The quantitative estimate of drug-likeness (QED) is 0.0215. The number of esters is 2. The number of likely N-dealkylation sites (N-methyl/N-ethyl adjacent to an activating group) is 1. The Bertz CT molecular complexity index is 1250. The van der Waals surface area contributed by atoms with Crippen molar-refractivity contribution >= 4 is 17.9 Å². The molecule has 0 amide bonds. The largest absolute Gasteiger partial charge is 0.477 e. The van der Waals surface area contributed by atoms with Crippen molar-refractivity contribution in [2.75, 3.05) is 41.0 Å². The second-order valence-corrected chi connectivity index (χ2v) is 16.7. The lowest BCUT2D eigenvalue weighted by Crippen LogP contribution is -2.50. The number of carbonyl (C=O) groups is 3. The molecule has 2 atom stereocenters. The lowest BCUT2D eigenvalue weighted by Gasteiger charge is -2.31. The molecule has 0 fully saturated rings. The lowest BCUT2D eigenvalue weighted by molar-refractivity contribution is -0.887. The van der Waals surface area contributed by atoms with E-state index in [1.165, 1.54) is 77.0 Å². The summed E-state index contributed by atoms with van der Waals surface area (Å²) in [6.45, 7) is 4.51. The molecular formula is C52H88NO7+. The van der Waals surface area contributed by atoms with Crippen molar-refractivity contribution in [3.63, 3.8) is 0 Å². The highest BCUT2D eigenvalue weighted by Crippen LogP contribution is 2.14. The number of carbonyl (C=O) groups excluding carboxylic acids is 2. The van der Waals surface area contributed by atoms with E-state index in [4.69, 9.17) is 14.2 Å². The van der Waals surface area contributed by atoms with Crippen molar-refractivity contribution in [2.24, 2.45) is 0 Å². The van der Waals surface area contributed by atoms with E-state index in [-0.39, 0.29) is 42.7 Å². The number of ether oxygens (including phenoxy) is 3. The van der Waals surface area contributed by atoms with E-state index >= 15 is 0 Å². The first-order valence-electron chi connectivity index (χ1n) is 23.6. The minimum atomic E-state index is -0.888. The molecular weight excluding hydrogens is 751 g/mol. The van der Waals surface area contributed by atoms with Crippen molar-refractivity contribution in [1.29, 1.82) is 0 Å². The zero-order valence-corrected chi connectivity index (χ0v) is 38.9. The van der Waals surface area contributed by atoms with Gasteiger partial charge in [-0.25, -0.2) is 4.79 Å². The monoisotopic (exact) mass is 839 g/mol. The zero-order chi connectivity index (χ0) is 44.2. The number of carboxylic acid groups (broad SMARTS) is 1. The van der Waals surface area contributed by atoms with Crippen LogP contribution in [0.1, 0.15) is 174 Å². The van der Waals surface area contributed by atoms with Gasteiger partial charge >= 0.3 is 17.9 Å². The predicted octanol–water partition coefficient (Wildman–Crippen LogP) is 13.3. The van der Waals surface area contributed by atoms with Crippen molar-refractivity contribution < 1.29 is 38.2 Å². The van der Waals surface area contributed by atoms with Crippen LogP contribution in [-0.2, 0) is 28.6 Å². The Morgan fingerprint density at radius 3 is 1.52 bits per heavy atom. The number of hydrogen-bond donors (Lipinski definition) is 1. The van der Waals surface area contributed by atoms with Crippen LogP contribution in [0, 0.1) is 0 Å². The highest BCUT2D eigenvalue weighted by Gasteiger charge is 2.31. The van der Waals surface area contributed by atoms with Crippen LogP contribution < -0.4 is 0 Å². The van der Waals surface area contributed by atoms with Crippen LogP contribution in [0.4, 0.5) is 0 Å². The number of unbranched alkanes of at least 4 members (excludes halogenated alkanes) is 14. The Hall–Kier alpha value is -3.49. The van der Waals surface area contributed by atoms with Crippen molar-refractivity contribution in [2.45, 2.75) is 187 Å². The third-order valence-corrected chi connectivity index (χ3v) is 10.1. The molecule has 0 aliphatic heterocycles. The van der Waals surface area contributed by atoms with Crippen molar-refractivity contribution in [3.8, 4) is 0 Å². The third-order valence-electron chi connectivity index (χ3n) is 10.1. The van der Waals surface area contributed by atoms with Gasteiger partial charge in [-0.15, -0.1) is 0 Å². The van der Waals surface area contributed by atoms with Gasteiger partial charge in [0, 0.05) is 19.3 Å². The van der Waals surface area contributed by atoms with Gasteiger partial charge in [-0.2, -0.15) is 0 Å². The van der Waals surface area contributed by atoms with E-state index in [1.54, 1.807) is 0 Å². The molecule has 60 heavy (non-hydrogen) atoms. The number of aliphatic carboxylic acids is 1. The van der Waals surface area contributed by atoms with Crippen molar-refractivity contribution in [3.05, 3.63) is 85.1 Å². The second kappa shape index (κ2) is 42.2. The molecule has 0 aromatic heterocycles. The van der Waals surface area contributed by atoms with E-state index in [9.17, 15) is 19.5 Å². The Balaban J connectivity index is 4.40. The first kappa shape index (κ1) is 56.5. The average Bonchev–Trinajstić information content (AvgIpc) is 3.21.